The van der Waals surface area contributed by atoms with Gasteiger partial charge < -0.3 is 14.6 Å². The summed E-state index contributed by atoms with van der Waals surface area (Å²) in [5, 5.41) is 9.31. The first-order valence-electron chi connectivity index (χ1n) is 6.70. The lowest BCUT2D eigenvalue weighted by Crippen LogP contribution is -2.42. The molecule has 1 aliphatic rings. The third-order valence-corrected chi connectivity index (χ3v) is 3.83. The predicted octanol–water partition coefficient (Wildman–Crippen LogP) is 1.09. The summed E-state index contributed by atoms with van der Waals surface area (Å²) in [6.07, 6.45) is 0. The first kappa shape index (κ1) is 14.4. The SMILES string of the molecule is [B]c1cc(F)cc(N2CCn3c(C)ccc3C2=O)c1C(=O)O. The fraction of sp³-hybridized carbons (Fsp3) is 0.200. The van der Waals surface area contributed by atoms with Crippen LogP contribution in [0.5, 0.6) is 0 Å². The van der Waals surface area contributed by atoms with E-state index in [1.807, 2.05) is 17.6 Å². The zero-order valence-corrected chi connectivity index (χ0v) is 11.8. The van der Waals surface area contributed by atoms with Gasteiger partial charge in [-0.15, -0.1) is 0 Å². The number of aromatic nitrogens is 1. The molecule has 2 heterocycles. The molecule has 0 saturated carbocycles. The Kier molecular flexibility index (Phi) is 3.28. The summed E-state index contributed by atoms with van der Waals surface area (Å²) >= 11 is 0. The standard InChI is InChI=1S/C15H12BFN2O3/c1-8-2-3-11-14(20)19(5-4-18(8)11)12-7-9(17)6-10(16)13(12)15(21)22/h2-3,6-7H,4-5H2,1H3,(H,21,22). The number of hydrogen-bond acceptors (Lipinski definition) is 2. The highest BCUT2D eigenvalue weighted by atomic mass is 19.1. The Morgan fingerprint density at radius 3 is 2.73 bits per heavy atom. The first-order chi connectivity index (χ1) is 10.4. The second-order valence-electron chi connectivity index (χ2n) is 5.16. The van der Waals surface area contributed by atoms with Gasteiger partial charge in [-0.05, 0) is 31.2 Å². The van der Waals surface area contributed by atoms with Gasteiger partial charge in [0, 0.05) is 18.8 Å². The van der Waals surface area contributed by atoms with Crippen LogP contribution in [0.15, 0.2) is 24.3 Å². The van der Waals surface area contributed by atoms with Crippen LogP contribution in [-0.4, -0.2) is 35.9 Å². The lowest BCUT2D eigenvalue weighted by Gasteiger charge is -2.30. The van der Waals surface area contributed by atoms with Crippen molar-refractivity contribution in [1.82, 2.24) is 4.57 Å². The second kappa shape index (κ2) is 5.01. The summed E-state index contributed by atoms with van der Waals surface area (Å²) in [4.78, 5) is 25.2. The maximum absolute atomic E-state index is 13.6. The highest BCUT2D eigenvalue weighted by molar-refractivity contribution is 6.37. The second-order valence-corrected chi connectivity index (χ2v) is 5.16. The van der Waals surface area contributed by atoms with E-state index in [2.05, 4.69) is 0 Å². The minimum atomic E-state index is -1.29. The van der Waals surface area contributed by atoms with Gasteiger partial charge in [-0.3, -0.25) is 4.79 Å². The van der Waals surface area contributed by atoms with Crippen LogP contribution in [0.4, 0.5) is 10.1 Å². The van der Waals surface area contributed by atoms with Crippen LogP contribution in [0, 0.1) is 12.7 Å². The number of aryl methyl sites for hydroxylation is 1. The average Bonchev–Trinajstić information content (AvgIpc) is 2.80. The third-order valence-electron chi connectivity index (χ3n) is 3.83. The lowest BCUT2D eigenvalue weighted by molar-refractivity contribution is 0.0699. The van der Waals surface area contributed by atoms with Crippen molar-refractivity contribution in [1.29, 1.82) is 0 Å². The number of fused-ring (bicyclic) bond motifs is 1. The highest BCUT2D eigenvalue weighted by Crippen LogP contribution is 2.26. The monoisotopic (exact) mass is 298 g/mol. The molecule has 110 valence electrons. The number of halogens is 1. The van der Waals surface area contributed by atoms with E-state index in [-0.39, 0.29) is 29.2 Å². The molecule has 0 atom stereocenters. The largest absolute Gasteiger partial charge is 0.478 e. The van der Waals surface area contributed by atoms with E-state index >= 15 is 0 Å². The van der Waals surface area contributed by atoms with Crippen molar-refractivity contribution in [2.75, 3.05) is 11.4 Å². The minimum Gasteiger partial charge on any atom is -0.478 e. The van der Waals surface area contributed by atoms with Crippen LogP contribution in [-0.2, 0) is 6.54 Å². The van der Waals surface area contributed by atoms with Gasteiger partial charge in [-0.2, -0.15) is 0 Å². The Morgan fingerprint density at radius 2 is 2.05 bits per heavy atom. The van der Waals surface area contributed by atoms with E-state index < -0.39 is 11.8 Å². The summed E-state index contributed by atoms with van der Waals surface area (Å²) in [7, 11) is 5.61. The molecule has 0 fully saturated rings. The third kappa shape index (κ3) is 2.09. The highest BCUT2D eigenvalue weighted by Gasteiger charge is 2.30. The van der Waals surface area contributed by atoms with E-state index in [1.165, 1.54) is 4.90 Å². The van der Waals surface area contributed by atoms with Gasteiger partial charge in [0.2, 0.25) is 0 Å². The molecule has 0 bridgehead atoms. The normalized spacial score (nSPS) is 14.1. The number of carbonyl (C=O) groups is 2. The van der Waals surface area contributed by atoms with Crippen molar-refractivity contribution < 1.29 is 19.1 Å². The number of benzene rings is 1. The summed E-state index contributed by atoms with van der Waals surface area (Å²) in [5.41, 5.74) is 0.919. The molecule has 2 aromatic rings. The maximum Gasteiger partial charge on any atom is 0.337 e. The van der Waals surface area contributed by atoms with Crippen molar-refractivity contribution in [2.45, 2.75) is 13.5 Å². The number of aromatic carboxylic acids is 1. The summed E-state index contributed by atoms with van der Waals surface area (Å²) in [6.45, 7) is 2.65. The Hall–Kier alpha value is -2.57. The van der Waals surface area contributed by atoms with Crippen LogP contribution in [0.1, 0.15) is 26.5 Å². The van der Waals surface area contributed by atoms with Crippen molar-refractivity contribution in [3.63, 3.8) is 0 Å². The molecule has 0 aliphatic carbocycles. The smallest absolute Gasteiger partial charge is 0.337 e. The molecule has 7 heteroatoms. The van der Waals surface area contributed by atoms with Crippen molar-refractivity contribution in [3.05, 3.63) is 47.0 Å². The van der Waals surface area contributed by atoms with Gasteiger partial charge in [-0.25, -0.2) is 9.18 Å². The summed E-state index contributed by atoms with van der Waals surface area (Å²) in [5.74, 6) is -2.34. The van der Waals surface area contributed by atoms with Gasteiger partial charge in [0.1, 0.15) is 19.4 Å². The zero-order chi connectivity index (χ0) is 16.0. The number of anilines is 1. The predicted molar refractivity (Wildman–Crippen MR) is 79.6 cm³/mol. The molecule has 1 N–H and O–H groups in total. The van der Waals surface area contributed by atoms with Crippen LogP contribution in [0.2, 0.25) is 0 Å². The maximum atomic E-state index is 13.6. The Bertz CT molecular complexity index is 800. The molecule has 0 spiro atoms. The van der Waals surface area contributed by atoms with E-state index in [4.69, 9.17) is 7.85 Å². The summed E-state index contributed by atoms with van der Waals surface area (Å²) < 4.78 is 15.5. The Labute approximate surface area is 127 Å². The number of amides is 1. The van der Waals surface area contributed by atoms with Crippen LogP contribution in [0.25, 0.3) is 0 Å². The number of rotatable bonds is 2. The van der Waals surface area contributed by atoms with Crippen LogP contribution in [0.3, 0.4) is 0 Å². The minimum absolute atomic E-state index is 0.0138. The molecule has 2 radical (unpaired) electrons. The topological polar surface area (TPSA) is 62.5 Å². The molecule has 1 aromatic carbocycles. The fourth-order valence-electron chi connectivity index (χ4n) is 2.78. The van der Waals surface area contributed by atoms with Crippen LogP contribution >= 0.6 is 0 Å². The number of carbonyl (C=O) groups excluding carboxylic acids is 1. The molecule has 3 rings (SSSR count). The van der Waals surface area contributed by atoms with Crippen molar-refractivity contribution in [3.8, 4) is 0 Å². The molecule has 1 amide bonds. The molecule has 0 unspecified atom stereocenters. The number of carboxylic acid groups (broad SMARTS) is 1. The molecular weight excluding hydrogens is 286 g/mol. The molecule has 5 nitrogen and oxygen atoms in total. The Balaban J connectivity index is 2.13. The lowest BCUT2D eigenvalue weighted by atomic mass is 9.88. The first-order valence-corrected chi connectivity index (χ1v) is 6.70. The van der Waals surface area contributed by atoms with Gasteiger partial charge in [-0.1, -0.05) is 5.46 Å². The molecule has 1 aromatic heterocycles. The van der Waals surface area contributed by atoms with Crippen molar-refractivity contribution in [2.24, 2.45) is 0 Å². The molecule has 22 heavy (non-hydrogen) atoms. The van der Waals surface area contributed by atoms with E-state index in [0.29, 0.717) is 12.2 Å². The number of nitrogens with zero attached hydrogens (tertiary/aromatic N) is 2. The van der Waals surface area contributed by atoms with E-state index in [1.54, 1.807) is 6.07 Å². The van der Waals surface area contributed by atoms with Gasteiger partial charge in [0.15, 0.2) is 0 Å². The fourth-order valence-corrected chi connectivity index (χ4v) is 2.78. The summed E-state index contributed by atoms with van der Waals surface area (Å²) in [6, 6.07) is 5.46. The number of carboxylic acids is 1. The van der Waals surface area contributed by atoms with E-state index in [9.17, 15) is 19.1 Å². The van der Waals surface area contributed by atoms with Gasteiger partial charge in [0.25, 0.3) is 5.91 Å². The zero-order valence-electron chi connectivity index (χ0n) is 11.8. The van der Waals surface area contributed by atoms with Gasteiger partial charge in [0.05, 0.1) is 11.3 Å². The number of hydrogen-bond donors (Lipinski definition) is 1. The quantitative estimate of drug-likeness (QED) is 0.844. The van der Waals surface area contributed by atoms with E-state index in [0.717, 1.165) is 17.8 Å². The molecule has 0 saturated heterocycles. The average molecular weight is 298 g/mol. The van der Waals surface area contributed by atoms with Crippen molar-refractivity contribution >= 4 is 30.9 Å². The molecule has 1 aliphatic heterocycles. The Morgan fingerprint density at radius 1 is 1.32 bits per heavy atom. The molecular formula is C15H12BFN2O3. The van der Waals surface area contributed by atoms with Crippen LogP contribution < -0.4 is 10.4 Å². The van der Waals surface area contributed by atoms with Gasteiger partial charge >= 0.3 is 5.97 Å².